The topological polar surface area (TPSA) is 59.5 Å². The molecule has 1 fully saturated rings. The van der Waals surface area contributed by atoms with Crippen LogP contribution in [-0.2, 0) is 0 Å². The Kier molecular flexibility index (Phi) is 5.06. The van der Waals surface area contributed by atoms with E-state index in [1.54, 1.807) is 19.4 Å². The first-order chi connectivity index (χ1) is 11.5. The molecule has 1 aromatic carbocycles. The van der Waals surface area contributed by atoms with Crippen molar-refractivity contribution in [2.24, 2.45) is 0 Å². The number of aromatic nitrogens is 2. The zero-order valence-corrected chi connectivity index (χ0v) is 14.7. The van der Waals surface area contributed by atoms with Gasteiger partial charge < -0.3 is 19.7 Å². The minimum atomic E-state index is 0.237. The van der Waals surface area contributed by atoms with Crippen molar-refractivity contribution in [2.45, 2.75) is 25.0 Å². The highest BCUT2D eigenvalue weighted by Crippen LogP contribution is 2.35. The predicted octanol–water partition coefficient (Wildman–Crippen LogP) is 3.35. The van der Waals surface area contributed by atoms with Crippen molar-refractivity contribution < 1.29 is 9.47 Å². The number of methoxy groups -OCH3 is 1. The SMILES string of the molecule is COc1cc(Nc2nccc(Cl)n2)ccc1OC1CC(N(C)C)C1. The number of hydrogen-bond acceptors (Lipinski definition) is 6. The molecule has 24 heavy (non-hydrogen) atoms. The van der Waals surface area contributed by atoms with Gasteiger partial charge in [0.25, 0.3) is 0 Å². The first kappa shape index (κ1) is 16.8. The van der Waals surface area contributed by atoms with Crippen LogP contribution in [0, 0.1) is 0 Å². The van der Waals surface area contributed by atoms with Gasteiger partial charge in [-0.1, -0.05) is 11.6 Å². The lowest BCUT2D eigenvalue weighted by Crippen LogP contribution is -2.46. The van der Waals surface area contributed by atoms with Gasteiger partial charge in [0.05, 0.1) is 7.11 Å². The normalized spacial score (nSPS) is 19.7. The lowest BCUT2D eigenvalue weighted by atomic mass is 9.88. The van der Waals surface area contributed by atoms with Crippen LogP contribution in [0.3, 0.4) is 0 Å². The summed E-state index contributed by atoms with van der Waals surface area (Å²) in [4.78, 5) is 10.5. The Bertz CT molecular complexity index is 705. The van der Waals surface area contributed by atoms with Gasteiger partial charge in [-0.15, -0.1) is 0 Å². The van der Waals surface area contributed by atoms with E-state index >= 15 is 0 Å². The lowest BCUT2D eigenvalue weighted by molar-refractivity contribution is 0.0383. The van der Waals surface area contributed by atoms with Gasteiger partial charge in [0.1, 0.15) is 11.3 Å². The average molecular weight is 349 g/mol. The summed E-state index contributed by atoms with van der Waals surface area (Å²) in [6.07, 6.45) is 3.91. The molecule has 2 aromatic rings. The van der Waals surface area contributed by atoms with Crippen LogP contribution >= 0.6 is 11.6 Å². The van der Waals surface area contributed by atoms with Crippen molar-refractivity contribution in [1.82, 2.24) is 14.9 Å². The second kappa shape index (κ2) is 7.23. The molecule has 0 atom stereocenters. The molecule has 0 radical (unpaired) electrons. The van der Waals surface area contributed by atoms with E-state index in [0.717, 1.165) is 24.3 Å². The summed E-state index contributed by atoms with van der Waals surface area (Å²) >= 11 is 5.87. The molecule has 1 N–H and O–H groups in total. The van der Waals surface area contributed by atoms with Crippen molar-refractivity contribution in [3.63, 3.8) is 0 Å². The van der Waals surface area contributed by atoms with E-state index in [-0.39, 0.29) is 6.10 Å². The maximum absolute atomic E-state index is 6.05. The standard InChI is InChI=1S/C17H21ClN4O2/c1-22(2)12-9-13(10-12)24-14-5-4-11(8-15(14)23-3)20-17-19-7-6-16(18)21-17/h4-8,12-13H,9-10H2,1-3H3,(H,19,20,21). The summed E-state index contributed by atoms with van der Waals surface area (Å²) in [5, 5.41) is 3.49. The fourth-order valence-corrected chi connectivity index (χ4v) is 2.74. The number of nitrogens with one attached hydrogen (secondary N) is 1. The van der Waals surface area contributed by atoms with Gasteiger partial charge in [-0.3, -0.25) is 0 Å². The van der Waals surface area contributed by atoms with Crippen LogP contribution in [-0.4, -0.2) is 48.2 Å². The molecule has 6 nitrogen and oxygen atoms in total. The molecular weight excluding hydrogens is 328 g/mol. The highest BCUT2D eigenvalue weighted by atomic mass is 35.5. The smallest absolute Gasteiger partial charge is 0.228 e. The van der Waals surface area contributed by atoms with Crippen LogP contribution in [0.15, 0.2) is 30.5 Å². The third-order valence-electron chi connectivity index (χ3n) is 4.14. The van der Waals surface area contributed by atoms with Gasteiger partial charge in [-0.25, -0.2) is 9.97 Å². The Labute approximate surface area is 146 Å². The fourth-order valence-electron chi connectivity index (χ4n) is 2.60. The molecule has 1 heterocycles. The average Bonchev–Trinajstić information content (AvgIpc) is 2.51. The van der Waals surface area contributed by atoms with Crippen LogP contribution in [0.4, 0.5) is 11.6 Å². The van der Waals surface area contributed by atoms with Gasteiger partial charge >= 0.3 is 0 Å². The molecule has 1 saturated carbocycles. The lowest BCUT2D eigenvalue weighted by Gasteiger charge is -2.39. The quantitative estimate of drug-likeness (QED) is 0.808. The van der Waals surface area contributed by atoms with E-state index in [1.165, 1.54) is 0 Å². The molecule has 1 aromatic heterocycles. The fraction of sp³-hybridized carbons (Fsp3) is 0.412. The van der Waals surface area contributed by atoms with Crippen LogP contribution in [0.2, 0.25) is 5.15 Å². The number of anilines is 2. The molecular formula is C17H21ClN4O2. The minimum Gasteiger partial charge on any atom is -0.493 e. The summed E-state index contributed by atoms with van der Waals surface area (Å²) in [5.74, 6) is 1.86. The Balaban J connectivity index is 1.67. The molecule has 1 aliphatic carbocycles. The Morgan fingerprint density at radius 1 is 1.21 bits per heavy atom. The molecule has 0 bridgehead atoms. The summed E-state index contributed by atoms with van der Waals surface area (Å²) in [7, 11) is 5.82. The molecule has 0 unspecified atom stereocenters. The van der Waals surface area contributed by atoms with E-state index in [4.69, 9.17) is 21.1 Å². The van der Waals surface area contributed by atoms with Crippen molar-refractivity contribution >= 4 is 23.2 Å². The van der Waals surface area contributed by atoms with E-state index in [0.29, 0.717) is 22.9 Å². The molecule has 0 amide bonds. The third-order valence-corrected chi connectivity index (χ3v) is 4.35. The van der Waals surface area contributed by atoms with Crippen LogP contribution in [0.5, 0.6) is 11.5 Å². The van der Waals surface area contributed by atoms with Crippen LogP contribution in [0.25, 0.3) is 0 Å². The first-order valence-electron chi connectivity index (χ1n) is 7.82. The van der Waals surface area contributed by atoms with Crippen molar-refractivity contribution in [1.29, 1.82) is 0 Å². The van der Waals surface area contributed by atoms with E-state index in [1.807, 2.05) is 18.2 Å². The van der Waals surface area contributed by atoms with Crippen molar-refractivity contribution in [3.8, 4) is 11.5 Å². The highest BCUT2D eigenvalue weighted by molar-refractivity contribution is 6.29. The van der Waals surface area contributed by atoms with E-state index in [2.05, 4.69) is 34.3 Å². The Morgan fingerprint density at radius 3 is 2.67 bits per heavy atom. The summed E-state index contributed by atoms with van der Waals surface area (Å²) < 4.78 is 11.5. The Morgan fingerprint density at radius 2 is 2.00 bits per heavy atom. The van der Waals surface area contributed by atoms with Gasteiger partial charge in [0, 0.05) is 24.0 Å². The third kappa shape index (κ3) is 3.88. The zero-order valence-electron chi connectivity index (χ0n) is 14.0. The number of nitrogens with zero attached hydrogens (tertiary/aromatic N) is 3. The maximum Gasteiger partial charge on any atom is 0.228 e. The molecule has 7 heteroatoms. The number of ether oxygens (including phenoxy) is 2. The second-order valence-corrected chi connectivity index (χ2v) is 6.41. The second-order valence-electron chi connectivity index (χ2n) is 6.02. The van der Waals surface area contributed by atoms with Gasteiger partial charge in [0.2, 0.25) is 5.95 Å². The van der Waals surface area contributed by atoms with E-state index in [9.17, 15) is 0 Å². The molecule has 1 aliphatic rings. The first-order valence-corrected chi connectivity index (χ1v) is 8.19. The summed E-state index contributed by atoms with van der Waals surface area (Å²) in [6.45, 7) is 0. The minimum absolute atomic E-state index is 0.237. The van der Waals surface area contributed by atoms with E-state index < -0.39 is 0 Å². The van der Waals surface area contributed by atoms with Crippen molar-refractivity contribution in [3.05, 3.63) is 35.6 Å². The molecule has 3 rings (SSSR count). The predicted molar refractivity (Wildman–Crippen MR) is 94.4 cm³/mol. The van der Waals surface area contributed by atoms with Crippen molar-refractivity contribution in [2.75, 3.05) is 26.5 Å². The molecule has 0 saturated heterocycles. The van der Waals surface area contributed by atoms with Crippen LogP contribution < -0.4 is 14.8 Å². The zero-order chi connectivity index (χ0) is 17.1. The largest absolute Gasteiger partial charge is 0.493 e. The summed E-state index contributed by atoms with van der Waals surface area (Å²) in [5.41, 5.74) is 0.807. The number of benzene rings is 1. The molecule has 0 aliphatic heterocycles. The number of halogens is 1. The van der Waals surface area contributed by atoms with Crippen LogP contribution in [0.1, 0.15) is 12.8 Å². The van der Waals surface area contributed by atoms with Gasteiger partial charge in [0.15, 0.2) is 11.5 Å². The number of rotatable bonds is 6. The summed E-state index contributed by atoms with van der Waals surface area (Å²) in [6, 6.07) is 7.90. The van der Waals surface area contributed by atoms with Gasteiger partial charge in [-0.05, 0) is 45.1 Å². The Hall–Kier alpha value is -2.05. The maximum atomic E-state index is 6.05. The molecule has 128 valence electrons. The monoisotopic (exact) mass is 348 g/mol. The van der Waals surface area contributed by atoms with Gasteiger partial charge in [-0.2, -0.15) is 0 Å². The highest BCUT2D eigenvalue weighted by Gasteiger charge is 2.32. The number of hydrogen-bond donors (Lipinski definition) is 1. The molecule has 0 spiro atoms.